The first kappa shape index (κ1) is 34.4. The molecule has 1 fully saturated rings. The third-order valence-electron chi connectivity index (χ3n) is 3.89. The van der Waals surface area contributed by atoms with Gasteiger partial charge in [0.25, 0.3) is 5.56 Å². The fraction of sp³-hybridized carbons (Fsp3) is 0.400. The average molecular weight is 585 g/mol. The maximum absolute atomic E-state index is 12.6. The van der Waals surface area contributed by atoms with Crippen LogP contribution in [0.3, 0.4) is 0 Å². The first-order chi connectivity index (χ1) is 16.0. The van der Waals surface area contributed by atoms with E-state index < -0.39 is 48.0 Å². The number of hydrogen-bond acceptors (Lipinski definition) is 8. The number of methoxy groups -OCH3 is 1. The van der Waals surface area contributed by atoms with Gasteiger partial charge in [0.1, 0.15) is 18.0 Å². The normalized spacial score (nSPS) is 21.8. The largest absolute Gasteiger partial charge is 0.497 e. The minimum atomic E-state index is -4.64. The van der Waals surface area contributed by atoms with Crippen molar-refractivity contribution < 1.29 is 77.4 Å². The van der Waals surface area contributed by atoms with Crippen molar-refractivity contribution in [2.75, 3.05) is 7.11 Å². The van der Waals surface area contributed by atoms with Crippen LogP contribution in [-0.2, 0) is 18.4 Å². The number of fused-ring (bicyclic) bond motifs is 1. The molecule has 3 rings (SSSR count). The number of benzene rings is 1. The molecule has 2 heterocycles. The minimum absolute atomic E-state index is 0.295. The third-order valence-corrected chi connectivity index (χ3v) is 3.89. The molecule has 208 valence electrons. The fourth-order valence-electron chi connectivity index (χ4n) is 2.62. The summed E-state index contributed by atoms with van der Waals surface area (Å²) in [6.07, 6.45) is -2.00. The summed E-state index contributed by atoms with van der Waals surface area (Å²) in [5.41, 5.74) is -0.295. The van der Waals surface area contributed by atoms with Crippen molar-refractivity contribution in [3.63, 3.8) is 0 Å². The lowest BCUT2D eigenvalue weighted by Gasteiger charge is -2.18. The van der Waals surface area contributed by atoms with Crippen molar-refractivity contribution in [2.24, 2.45) is 0 Å². The van der Waals surface area contributed by atoms with Gasteiger partial charge in [-0.2, -0.15) is 0 Å². The van der Waals surface area contributed by atoms with Gasteiger partial charge >= 0.3 is 23.5 Å². The summed E-state index contributed by atoms with van der Waals surface area (Å²) < 4.78 is 38.6. The lowest BCUT2D eigenvalue weighted by Crippen LogP contribution is -2.34. The molecular weight excluding hydrogens is 559 g/mol. The molecule has 11 N–H and O–H groups in total. The van der Waals surface area contributed by atoms with Gasteiger partial charge in [0.15, 0.2) is 6.23 Å². The van der Waals surface area contributed by atoms with Gasteiger partial charge in [-0.25, -0.2) is 13.7 Å². The van der Waals surface area contributed by atoms with Gasteiger partial charge in [-0.15, -0.1) is 0 Å². The van der Waals surface area contributed by atoms with Gasteiger partial charge in [-0.05, 0) is 30.5 Å². The number of rotatable bonds is 2. The molecule has 4 atom stereocenters. The van der Waals surface area contributed by atoms with E-state index in [2.05, 4.69) is 0 Å². The van der Waals surface area contributed by atoms with E-state index in [0.29, 0.717) is 11.1 Å². The molecule has 21 heteroatoms. The Balaban J connectivity index is 0.000000672. The van der Waals surface area contributed by atoms with E-state index in [1.54, 1.807) is 37.4 Å². The third kappa shape index (κ3) is 14.9. The average Bonchev–Trinajstić information content (AvgIpc) is 2.91. The molecule has 0 aliphatic carbocycles. The van der Waals surface area contributed by atoms with Gasteiger partial charge in [0.05, 0.1) is 18.6 Å². The molecular formula is C15H26NO17P3. The summed E-state index contributed by atoms with van der Waals surface area (Å²) in [5, 5.41) is 21.0. The zero-order valence-corrected chi connectivity index (χ0v) is 21.0. The van der Waals surface area contributed by atoms with Crippen molar-refractivity contribution in [2.45, 2.75) is 31.5 Å². The van der Waals surface area contributed by atoms with Crippen LogP contribution < -0.4 is 10.3 Å². The zero-order chi connectivity index (χ0) is 28.6. The number of aromatic nitrogens is 1. The Morgan fingerprint density at radius 3 is 1.64 bits per heavy atom. The fourth-order valence-corrected chi connectivity index (χ4v) is 2.62. The molecule has 0 spiro atoms. The Bertz CT molecular complexity index is 1110. The molecule has 2 aromatic rings. The SMILES string of the molecule is COc1ccc2ccn(C3OC(C)C(O)C3O)c(=O)c2c1.O=P(O)(O)O.O=P(O)(O)O.O=P(O)(O)O. The summed E-state index contributed by atoms with van der Waals surface area (Å²) in [5.74, 6) is 0.582. The number of ether oxygens (including phenoxy) is 2. The molecule has 0 saturated carbocycles. The van der Waals surface area contributed by atoms with Crippen LogP contribution in [0.5, 0.6) is 5.75 Å². The van der Waals surface area contributed by atoms with E-state index in [1.807, 2.05) is 0 Å². The van der Waals surface area contributed by atoms with E-state index in [0.717, 1.165) is 5.39 Å². The van der Waals surface area contributed by atoms with Crippen LogP contribution >= 0.6 is 23.5 Å². The molecule has 1 aliphatic heterocycles. The van der Waals surface area contributed by atoms with E-state index in [9.17, 15) is 15.0 Å². The monoisotopic (exact) mass is 585 g/mol. The summed E-state index contributed by atoms with van der Waals surface area (Å²) >= 11 is 0. The van der Waals surface area contributed by atoms with Crippen LogP contribution in [0.15, 0.2) is 35.3 Å². The summed E-state index contributed by atoms with van der Waals surface area (Å²) in [4.78, 5) is 77.3. The second-order valence-corrected chi connectivity index (χ2v) is 9.81. The molecule has 4 unspecified atom stereocenters. The van der Waals surface area contributed by atoms with Crippen LogP contribution in [0.4, 0.5) is 0 Å². The summed E-state index contributed by atoms with van der Waals surface area (Å²) in [6, 6.07) is 6.99. The Labute approximate surface area is 202 Å². The Morgan fingerprint density at radius 2 is 1.28 bits per heavy atom. The highest BCUT2D eigenvalue weighted by Gasteiger charge is 2.41. The van der Waals surface area contributed by atoms with Crippen molar-refractivity contribution in [3.8, 4) is 5.75 Å². The highest BCUT2D eigenvalue weighted by atomic mass is 31.2. The predicted molar refractivity (Wildman–Crippen MR) is 119 cm³/mol. The Kier molecular flexibility index (Phi) is 13.2. The lowest BCUT2D eigenvalue weighted by atomic mass is 10.1. The molecule has 0 radical (unpaired) electrons. The topological polar surface area (TPSA) is 314 Å². The van der Waals surface area contributed by atoms with Crippen molar-refractivity contribution in [1.82, 2.24) is 4.57 Å². The molecule has 1 aromatic carbocycles. The van der Waals surface area contributed by atoms with Crippen molar-refractivity contribution >= 4 is 34.2 Å². The molecule has 18 nitrogen and oxygen atoms in total. The van der Waals surface area contributed by atoms with Gasteiger partial charge in [-0.3, -0.25) is 9.36 Å². The van der Waals surface area contributed by atoms with Crippen molar-refractivity contribution in [1.29, 1.82) is 0 Å². The van der Waals surface area contributed by atoms with Gasteiger partial charge in [0, 0.05) is 6.20 Å². The number of hydrogen-bond donors (Lipinski definition) is 11. The van der Waals surface area contributed by atoms with E-state index in [4.69, 9.17) is 67.2 Å². The van der Waals surface area contributed by atoms with Crippen LogP contribution in [0.1, 0.15) is 13.2 Å². The van der Waals surface area contributed by atoms with E-state index in [1.165, 1.54) is 11.7 Å². The van der Waals surface area contributed by atoms with Gasteiger partial charge in [0.2, 0.25) is 0 Å². The van der Waals surface area contributed by atoms with Crippen LogP contribution in [-0.4, -0.2) is 84.2 Å². The molecule has 1 saturated heterocycles. The number of pyridine rings is 1. The Hall–Kier alpha value is -1.56. The predicted octanol–water partition coefficient (Wildman–Crippen LogP) is -2.14. The smallest absolute Gasteiger partial charge is 0.466 e. The summed E-state index contributed by atoms with van der Waals surface area (Å²) in [7, 11) is -12.4. The molecule has 1 aliphatic rings. The lowest BCUT2D eigenvalue weighted by molar-refractivity contribution is -0.0339. The molecule has 36 heavy (non-hydrogen) atoms. The molecule has 0 bridgehead atoms. The maximum Gasteiger partial charge on any atom is 0.466 e. The van der Waals surface area contributed by atoms with Crippen LogP contribution in [0.25, 0.3) is 10.8 Å². The number of phosphoric acid groups is 3. The zero-order valence-electron chi connectivity index (χ0n) is 18.4. The second-order valence-electron chi connectivity index (χ2n) is 6.73. The standard InChI is InChI=1S/C15H17NO5.3H3O4P/c1-8-12(17)13(18)15(21-8)16-6-5-9-3-4-10(20-2)7-11(9)14(16)19;3*1-5(2,3)4/h3-8,12-13,15,17-18H,1-2H3;3*(H3,1,2,3,4). The summed E-state index contributed by atoms with van der Waals surface area (Å²) in [6.45, 7) is 1.66. The first-order valence-corrected chi connectivity index (χ1v) is 13.8. The Morgan fingerprint density at radius 1 is 0.833 bits per heavy atom. The van der Waals surface area contributed by atoms with Gasteiger partial charge in [-0.1, -0.05) is 6.07 Å². The van der Waals surface area contributed by atoms with E-state index in [-0.39, 0.29) is 5.56 Å². The maximum atomic E-state index is 12.6. The highest BCUT2D eigenvalue weighted by molar-refractivity contribution is 7.45. The quantitative estimate of drug-likeness (QED) is 0.168. The second kappa shape index (κ2) is 13.8. The number of aliphatic hydroxyl groups is 2. The number of aliphatic hydroxyl groups excluding tert-OH is 2. The molecule has 0 amide bonds. The van der Waals surface area contributed by atoms with Crippen LogP contribution in [0, 0.1) is 0 Å². The molecule has 1 aromatic heterocycles. The number of nitrogens with zero attached hydrogens (tertiary/aromatic N) is 1. The minimum Gasteiger partial charge on any atom is -0.497 e. The first-order valence-electron chi connectivity index (χ1n) is 9.08. The van der Waals surface area contributed by atoms with Crippen molar-refractivity contribution in [3.05, 3.63) is 40.8 Å². The van der Waals surface area contributed by atoms with E-state index >= 15 is 0 Å². The van der Waals surface area contributed by atoms with Crippen LogP contribution in [0.2, 0.25) is 0 Å². The highest BCUT2D eigenvalue weighted by Crippen LogP contribution is 2.29. The van der Waals surface area contributed by atoms with Gasteiger partial charge < -0.3 is 63.7 Å².